The number of fused-ring (bicyclic) bond motifs is 1. The van der Waals surface area contributed by atoms with Crippen LogP contribution in [0.15, 0.2) is 66.7 Å². The second-order valence-electron chi connectivity index (χ2n) is 6.56. The van der Waals surface area contributed by atoms with E-state index in [1.54, 1.807) is 21.3 Å². The van der Waals surface area contributed by atoms with Crippen LogP contribution >= 0.6 is 11.6 Å². The van der Waals surface area contributed by atoms with E-state index in [0.717, 1.165) is 50.6 Å². The van der Waals surface area contributed by atoms with E-state index in [-0.39, 0.29) is 5.38 Å². The average molecular weight is 393 g/mol. The van der Waals surface area contributed by atoms with Gasteiger partial charge in [-0.15, -0.1) is 11.6 Å². The van der Waals surface area contributed by atoms with Gasteiger partial charge < -0.3 is 14.2 Å². The van der Waals surface area contributed by atoms with Crippen molar-refractivity contribution in [1.82, 2.24) is 0 Å². The summed E-state index contributed by atoms with van der Waals surface area (Å²) in [7, 11) is 5.00. The van der Waals surface area contributed by atoms with Gasteiger partial charge in [0.25, 0.3) is 0 Å². The molecule has 1 aliphatic carbocycles. The number of ether oxygens (including phenoxy) is 3. The molecule has 0 saturated carbocycles. The summed E-state index contributed by atoms with van der Waals surface area (Å²) < 4.78 is 16.0. The van der Waals surface area contributed by atoms with Gasteiger partial charge >= 0.3 is 0 Å². The minimum atomic E-state index is -0.268. The molecule has 0 fully saturated rings. The summed E-state index contributed by atoms with van der Waals surface area (Å²) in [4.78, 5) is 0. The van der Waals surface area contributed by atoms with E-state index in [1.807, 2.05) is 36.4 Å². The first-order valence-corrected chi connectivity index (χ1v) is 9.45. The van der Waals surface area contributed by atoms with Crippen LogP contribution in [-0.2, 0) is 0 Å². The first kappa shape index (κ1) is 18.5. The van der Waals surface area contributed by atoms with E-state index < -0.39 is 0 Å². The number of hydrogen-bond donors (Lipinski definition) is 0. The molecule has 142 valence electrons. The SMILES string of the molecule is COc1ccc(C2=C(c3ccc(OC)cc3)C(Cl)c3cc(OC)ccc32)cc1. The fourth-order valence-electron chi connectivity index (χ4n) is 3.66. The van der Waals surface area contributed by atoms with Gasteiger partial charge in [-0.25, -0.2) is 0 Å². The summed E-state index contributed by atoms with van der Waals surface area (Å²) in [6.45, 7) is 0. The Balaban J connectivity index is 1.92. The minimum Gasteiger partial charge on any atom is -0.497 e. The second kappa shape index (κ2) is 7.61. The van der Waals surface area contributed by atoms with Crippen LogP contribution in [0, 0.1) is 0 Å². The summed E-state index contributed by atoms with van der Waals surface area (Å²) in [5.74, 6) is 2.44. The molecule has 0 heterocycles. The predicted molar refractivity (Wildman–Crippen MR) is 113 cm³/mol. The maximum atomic E-state index is 6.98. The molecule has 0 radical (unpaired) electrons. The van der Waals surface area contributed by atoms with Crippen LogP contribution in [0.2, 0.25) is 0 Å². The van der Waals surface area contributed by atoms with Crippen molar-refractivity contribution in [2.45, 2.75) is 5.38 Å². The number of hydrogen-bond acceptors (Lipinski definition) is 3. The summed E-state index contributed by atoms with van der Waals surface area (Å²) in [6, 6.07) is 22.2. The number of benzene rings is 3. The molecule has 1 atom stereocenters. The van der Waals surface area contributed by atoms with Crippen molar-refractivity contribution in [3.63, 3.8) is 0 Å². The van der Waals surface area contributed by atoms with Gasteiger partial charge in [0.05, 0.1) is 26.7 Å². The number of halogens is 1. The maximum Gasteiger partial charge on any atom is 0.119 e. The summed E-state index contributed by atoms with van der Waals surface area (Å²) in [5.41, 5.74) is 6.56. The quantitative estimate of drug-likeness (QED) is 0.501. The molecule has 28 heavy (non-hydrogen) atoms. The van der Waals surface area contributed by atoms with Crippen molar-refractivity contribution in [2.75, 3.05) is 21.3 Å². The molecule has 0 saturated heterocycles. The van der Waals surface area contributed by atoms with Crippen LogP contribution in [0.3, 0.4) is 0 Å². The molecule has 3 aromatic rings. The third-order valence-electron chi connectivity index (χ3n) is 5.10. The lowest BCUT2D eigenvalue weighted by Gasteiger charge is -2.13. The smallest absolute Gasteiger partial charge is 0.119 e. The van der Waals surface area contributed by atoms with E-state index in [9.17, 15) is 0 Å². The van der Waals surface area contributed by atoms with E-state index in [4.69, 9.17) is 25.8 Å². The van der Waals surface area contributed by atoms with Gasteiger partial charge in [0.1, 0.15) is 17.2 Å². The lowest BCUT2D eigenvalue weighted by molar-refractivity contribution is 0.414. The van der Waals surface area contributed by atoms with E-state index in [1.165, 1.54) is 0 Å². The van der Waals surface area contributed by atoms with Crippen molar-refractivity contribution >= 4 is 22.7 Å². The van der Waals surface area contributed by atoms with Crippen LogP contribution in [0.5, 0.6) is 17.2 Å². The molecule has 4 heteroatoms. The molecule has 4 rings (SSSR count). The molecule has 0 bridgehead atoms. The first-order valence-electron chi connectivity index (χ1n) is 9.01. The van der Waals surface area contributed by atoms with Crippen molar-refractivity contribution in [2.24, 2.45) is 0 Å². The van der Waals surface area contributed by atoms with Gasteiger partial charge in [0, 0.05) is 0 Å². The lowest BCUT2D eigenvalue weighted by Crippen LogP contribution is -1.93. The van der Waals surface area contributed by atoms with E-state index in [0.29, 0.717) is 0 Å². The van der Waals surface area contributed by atoms with Crippen molar-refractivity contribution in [1.29, 1.82) is 0 Å². The summed E-state index contributed by atoms with van der Waals surface area (Å²) >= 11 is 6.98. The molecule has 3 nitrogen and oxygen atoms in total. The Bertz CT molecular complexity index is 1020. The van der Waals surface area contributed by atoms with Gasteiger partial charge in [-0.1, -0.05) is 30.3 Å². The van der Waals surface area contributed by atoms with Crippen LogP contribution < -0.4 is 14.2 Å². The Kier molecular flexibility index (Phi) is 5.01. The minimum absolute atomic E-state index is 0.268. The Morgan fingerprint density at radius 1 is 0.643 bits per heavy atom. The first-order chi connectivity index (χ1) is 13.7. The molecule has 0 aliphatic heterocycles. The highest BCUT2D eigenvalue weighted by atomic mass is 35.5. The zero-order chi connectivity index (χ0) is 19.7. The highest BCUT2D eigenvalue weighted by molar-refractivity contribution is 6.31. The average Bonchev–Trinajstić information content (AvgIpc) is 3.05. The molecule has 0 spiro atoms. The van der Waals surface area contributed by atoms with Gasteiger partial charge in [0.15, 0.2) is 0 Å². The number of rotatable bonds is 5. The zero-order valence-corrected chi connectivity index (χ0v) is 16.8. The summed E-state index contributed by atoms with van der Waals surface area (Å²) in [5, 5.41) is -0.268. The molecular weight excluding hydrogens is 372 g/mol. The van der Waals surface area contributed by atoms with Gasteiger partial charge in [-0.2, -0.15) is 0 Å². The van der Waals surface area contributed by atoms with Crippen molar-refractivity contribution in [3.8, 4) is 17.2 Å². The fourth-order valence-corrected chi connectivity index (χ4v) is 4.08. The number of alkyl halides is 1. The molecule has 3 aromatic carbocycles. The van der Waals surface area contributed by atoms with Crippen LogP contribution in [0.25, 0.3) is 11.1 Å². The Morgan fingerprint density at radius 2 is 1.14 bits per heavy atom. The fraction of sp³-hybridized carbons (Fsp3) is 0.167. The molecular formula is C24H21ClO3. The predicted octanol–water partition coefficient (Wildman–Crippen LogP) is 5.97. The van der Waals surface area contributed by atoms with Crippen LogP contribution in [0.4, 0.5) is 0 Å². The van der Waals surface area contributed by atoms with Gasteiger partial charge in [-0.05, 0) is 69.8 Å². The van der Waals surface area contributed by atoms with Crippen LogP contribution in [0.1, 0.15) is 27.6 Å². The monoisotopic (exact) mass is 392 g/mol. The topological polar surface area (TPSA) is 27.7 Å². The molecule has 1 unspecified atom stereocenters. The Hall–Kier alpha value is -2.91. The zero-order valence-electron chi connectivity index (χ0n) is 16.0. The summed E-state index contributed by atoms with van der Waals surface area (Å²) in [6.07, 6.45) is 0. The number of allylic oxidation sites excluding steroid dienone is 1. The third kappa shape index (κ3) is 3.12. The molecule has 0 aromatic heterocycles. The third-order valence-corrected chi connectivity index (χ3v) is 5.56. The van der Waals surface area contributed by atoms with E-state index >= 15 is 0 Å². The highest BCUT2D eigenvalue weighted by Crippen LogP contribution is 2.52. The standard InChI is InChI=1S/C24H21ClO3/c1-26-17-8-4-15(5-9-17)22-20-13-12-19(28-3)14-21(20)24(25)23(22)16-6-10-18(27-2)11-7-16/h4-14,24H,1-3H3. The largest absolute Gasteiger partial charge is 0.497 e. The second-order valence-corrected chi connectivity index (χ2v) is 7.00. The van der Waals surface area contributed by atoms with Crippen LogP contribution in [-0.4, -0.2) is 21.3 Å². The maximum absolute atomic E-state index is 6.98. The highest BCUT2D eigenvalue weighted by Gasteiger charge is 2.32. The lowest BCUT2D eigenvalue weighted by atomic mass is 9.94. The number of methoxy groups -OCH3 is 3. The normalized spacial score (nSPS) is 15.4. The van der Waals surface area contributed by atoms with Crippen molar-refractivity contribution in [3.05, 3.63) is 89.0 Å². The molecule has 0 amide bonds. The molecule has 0 N–H and O–H groups in total. The Labute approximate surface area is 170 Å². The van der Waals surface area contributed by atoms with Crippen molar-refractivity contribution < 1.29 is 14.2 Å². The van der Waals surface area contributed by atoms with Gasteiger partial charge in [-0.3, -0.25) is 0 Å². The Morgan fingerprint density at radius 3 is 1.68 bits per heavy atom. The van der Waals surface area contributed by atoms with E-state index in [2.05, 4.69) is 30.3 Å². The molecule has 1 aliphatic rings. The van der Waals surface area contributed by atoms with Gasteiger partial charge in [0.2, 0.25) is 0 Å².